The third-order valence-electron chi connectivity index (χ3n) is 3.06. The van der Waals surface area contributed by atoms with Crippen molar-refractivity contribution < 1.29 is 0 Å². The Morgan fingerprint density at radius 3 is 1.79 bits per heavy atom. The molecule has 3 aromatic rings. The van der Waals surface area contributed by atoms with Gasteiger partial charge in [-0.15, -0.1) is 22.7 Å². The summed E-state index contributed by atoms with van der Waals surface area (Å²) in [6.45, 7) is 3.29. The molecule has 0 aliphatic rings. The van der Waals surface area contributed by atoms with Crippen LogP contribution in [0.25, 0.3) is 20.4 Å². The number of hydrogen-bond acceptors (Lipinski definition) is 2. The molecule has 1 nitrogen and oxygen atoms in total. The van der Waals surface area contributed by atoms with E-state index in [2.05, 4.69) is 75.2 Å². The molecule has 3 aromatic heterocycles. The Kier molecular flexibility index (Phi) is 4.53. The normalized spacial score (nSPS) is 12.1. The Hall–Kier alpha value is 1.12. The van der Waals surface area contributed by atoms with E-state index in [-0.39, 0.29) is 0 Å². The molecule has 0 amide bonds. The summed E-state index contributed by atoms with van der Waals surface area (Å²) in [5, 5.41) is 0. The van der Waals surface area contributed by atoms with E-state index in [1.165, 1.54) is 49.8 Å². The lowest BCUT2D eigenvalue weighted by molar-refractivity contribution is 0.664. The summed E-state index contributed by atoms with van der Waals surface area (Å²) in [7, 11) is 0. The molecule has 0 unspecified atom stereocenters. The molecule has 0 N–H and O–H groups in total. The number of halogens is 4. The summed E-state index contributed by atoms with van der Waals surface area (Å²) in [6.07, 6.45) is 2.39. The molecule has 0 atom stereocenters. The second kappa shape index (κ2) is 5.72. The molecule has 3 rings (SSSR count). The standard InChI is InChI=1S/C12H9Br4NS2/c1-2-3-4-17-7-5(13)11(15)18-9(7)10-8(17)6(14)12(16)19-10/h2-4H2,1H3. The summed E-state index contributed by atoms with van der Waals surface area (Å²) >= 11 is 18.3. The molecule has 0 fully saturated rings. The SMILES string of the molecule is CCCCn1c2c(Br)c(Br)sc2c2sc(Br)c(Br)c21. The number of aryl methyl sites for hydroxylation is 1. The van der Waals surface area contributed by atoms with Crippen molar-refractivity contribution in [3.63, 3.8) is 0 Å². The van der Waals surface area contributed by atoms with E-state index < -0.39 is 0 Å². The second-order valence-electron chi connectivity index (χ2n) is 4.24. The summed E-state index contributed by atoms with van der Waals surface area (Å²) in [5.74, 6) is 0. The number of hydrogen-bond donors (Lipinski definition) is 0. The van der Waals surface area contributed by atoms with Crippen LogP contribution in [0, 0.1) is 0 Å². The van der Waals surface area contributed by atoms with Crippen LogP contribution in [0.1, 0.15) is 19.8 Å². The monoisotopic (exact) mass is 547 g/mol. The lowest BCUT2D eigenvalue weighted by atomic mass is 10.3. The maximum Gasteiger partial charge on any atom is 0.0869 e. The number of unbranched alkanes of at least 4 members (excludes halogenated alkanes) is 1. The highest BCUT2D eigenvalue weighted by Crippen LogP contribution is 2.50. The Morgan fingerprint density at radius 2 is 1.37 bits per heavy atom. The van der Waals surface area contributed by atoms with Gasteiger partial charge in [0.15, 0.2) is 0 Å². The Balaban J connectivity index is 2.41. The molecule has 102 valence electrons. The van der Waals surface area contributed by atoms with Gasteiger partial charge in [-0.3, -0.25) is 0 Å². The van der Waals surface area contributed by atoms with E-state index in [0.29, 0.717) is 0 Å². The second-order valence-corrected chi connectivity index (χ2v) is 10.5. The largest absolute Gasteiger partial charge is 0.337 e. The van der Waals surface area contributed by atoms with Crippen molar-refractivity contribution in [1.82, 2.24) is 4.57 Å². The van der Waals surface area contributed by atoms with E-state index in [9.17, 15) is 0 Å². The van der Waals surface area contributed by atoms with Crippen LogP contribution in [-0.4, -0.2) is 4.57 Å². The Labute approximate surface area is 152 Å². The van der Waals surface area contributed by atoms with E-state index in [0.717, 1.165) is 6.54 Å². The van der Waals surface area contributed by atoms with Gasteiger partial charge in [-0.1, -0.05) is 13.3 Å². The van der Waals surface area contributed by atoms with Gasteiger partial charge in [0, 0.05) is 6.54 Å². The number of aromatic nitrogens is 1. The van der Waals surface area contributed by atoms with Crippen LogP contribution in [0.4, 0.5) is 0 Å². The molecular formula is C12H9Br4NS2. The smallest absolute Gasteiger partial charge is 0.0869 e. The van der Waals surface area contributed by atoms with Crippen LogP contribution >= 0.6 is 86.4 Å². The van der Waals surface area contributed by atoms with Crippen LogP contribution in [0.3, 0.4) is 0 Å². The fourth-order valence-electron chi connectivity index (χ4n) is 2.19. The predicted octanol–water partition coefficient (Wildman–Crippen LogP) is 7.77. The molecule has 0 radical (unpaired) electrons. The molecule has 0 aliphatic heterocycles. The van der Waals surface area contributed by atoms with Crippen LogP contribution in [-0.2, 0) is 6.54 Å². The van der Waals surface area contributed by atoms with Gasteiger partial charge >= 0.3 is 0 Å². The molecule has 0 aliphatic carbocycles. The maximum absolute atomic E-state index is 3.72. The van der Waals surface area contributed by atoms with Gasteiger partial charge in [0.25, 0.3) is 0 Å². The molecule has 0 aromatic carbocycles. The van der Waals surface area contributed by atoms with Crippen molar-refractivity contribution in [3.05, 3.63) is 16.5 Å². The third-order valence-corrected chi connectivity index (χ3v) is 10.1. The minimum Gasteiger partial charge on any atom is -0.337 e. The van der Waals surface area contributed by atoms with E-state index in [1.807, 2.05) is 0 Å². The molecule has 19 heavy (non-hydrogen) atoms. The fraction of sp³-hybridized carbons (Fsp3) is 0.333. The van der Waals surface area contributed by atoms with E-state index in [1.54, 1.807) is 22.7 Å². The topological polar surface area (TPSA) is 4.93 Å². The first-order valence-corrected chi connectivity index (χ1v) is 10.6. The Morgan fingerprint density at radius 1 is 0.895 bits per heavy atom. The molecular weight excluding hydrogens is 542 g/mol. The third kappa shape index (κ3) is 2.32. The first-order valence-electron chi connectivity index (χ1n) is 5.79. The van der Waals surface area contributed by atoms with Crippen molar-refractivity contribution in [3.8, 4) is 0 Å². The minimum absolute atomic E-state index is 1.06. The van der Waals surface area contributed by atoms with Gasteiger partial charge in [-0.25, -0.2) is 0 Å². The average molecular weight is 551 g/mol. The predicted molar refractivity (Wildman–Crippen MR) is 101 cm³/mol. The van der Waals surface area contributed by atoms with Crippen molar-refractivity contribution in [2.24, 2.45) is 0 Å². The Bertz CT molecular complexity index is 708. The van der Waals surface area contributed by atoms with Crippen LogP contribution in [0.15, 0.2) is 16.5 Å². The molecule has 0 bridgehead atoms. The van der Waals surface area contributed by atoms with Gasteiger partial charge in [0.1, 0.15) is 0 Å². The van der Waals surface area contributed by atoms with E-state index in [4.69, 9.17) is 0 Å². The summed E-state index contributed by atoms with van der Waals surface area (Å²) in [5.41, 5.74) is 2.64. The zero-order chi connectivity index (χ0) is 13.7. The number of thiophene rings is 2. The number of nitrogens with zero attached hydrogens (tertiary/aromatic N) is 1. The summed E-state index contributed by atoms with van der Waals surface area (Å²) in [4.78, 5) is 0. The van der Waals surface area contributed by atoms with Crippen molar-refractivity contribution in [1.29, 1.82) is 0 Å². The molecule has 0 spiro atoms. The first kappa shape index (κ1) is 15.0. The summed E-state index contributed by atoms with van der Waals surface area (Å²) in [6, 6.07) is 0. The minimum atomic E-state index is 1.06. The quantitative estimate of drug-likeness (QED) is 0.314. The van der Waals surface area contributed by atoms with E-state index >= 15 is 0 Å². The first-order chi connectivity index (χ1) is 9.06. The highest BCUT2D eigenvalue weighted by molar-refractivity contribution is 9.14. The average Bonchev–Trinajstić information content (AvgIpc) is 2.93. The molecule has 0 saturated heterocycles. The maximum atomic E-state index is 3.72. The lowest BCUT2D eigenvalue weighted by Crippen LogP contribution is -1.97. The van der Waals surface area contributed by atoms with Gasteiger partial charge in [-0.05, 0) is 70.1 Å². The van der Waals surface area contributed by atoms with Crippen molar-refractivity contribution in [2.45, 2.75) is 26.3 Å². The van der Waals surface area contributed by atoms with Gasteiger partial charge in [0.05, 0.1) is 37.0 Å². The molecule has 0 saturated carbocycles. The van der Waals surface area contributed by atoms with Gasteiger partial charge < -0.3 is 4.57 Å². The van der Waals surface area contributed by atoms with Gasteiger partial charge in [0.2, 0.25) is 0 Å². The zero-order valence-electron chi connectivity index (χ0n) is 9.90. The number of fused-ring (bicyclic) bond motifs is 3. The molecule has 7 heteroatoms. The zero-order valence-corrected chi connectivity index (χ0v) is 17.9. The molecule has 3 heterocycles. The van der Waals surface area contributed by atoms with Crippen molar-refractivity contribution >= 4 is 107 Å². The number of rotatable bonds is 3. The van der Waals surface area contributed by atoms with Crippen LogP contribution in [0.5, 0.6) is 0 Å². The summed E-state index contributed by atoms with van der Waals surface area (Å²) < 4.78 is 9.85. The fourth-order valence-corrected chi connectivity index (χ4v) is 7.09. The highest BCUT2D eigenvalue weighted by Gasteiger charge is 2.22. The lowest BCUT2D eigenvalue weighted by Gasteiger charge is -2.06. The highest BCUT2D eigenvalue weighted by atomic mass is 79.9. The van der Waals surface area contributed by atoms with Crippen LogP contribution in [0.2, 0.25) is 0 Å². The van der Waals surface area contributed by atoms with Gasteiger partial charge in [-0.2, -0.15) is 0 Å². The van der Waals surface area contributed by atoms with Crippen molar-refractivity contribution in [2.75, 3.05) is 0 Å². The van der Waals surface area contributed by atoms with Crippen LogP contribution < -0.4 is 0 Å².